The molecule has 1 saturated carbocycles. The summed E-state index contributed by atoms with van der Waals surface area (Å²) < 4.78 is 30.5. The number of piperazine rings is 1. The van der Waals surface area contributed by atoms with Crippen LogP contribution in [0.25, 0.3) is 27.8 Å². The molecule has 0 amide bonds. The lowest BCUT2D eigenvalue weighted by atomic mass is 10.0. The lowest BCUT2D eigenvalue weighted by molar-refractivity contribution is -0.726. The molecule has 5 heterocycles. The number of nitriles is 1. The van der Waals surface area contributed by atoms with Gasteiger partial charge in [0.15, 0.2) is 7.05 Å². The van der Waals surface area contributed by atoms with E-state index in [2.05, 4.69) is 27.2 Å². The predicted molar refractivity (Wildman–Crippen MR) is 134 cm³/mol. The molecule has 4 aromatic heterocycles. The van der Waals surface area contributed by atoms with E-state index in [1.807, 2.05) is 48.6 Å². The maximum absolute atomic E-state index is 12.6. The second kappa shape index (κ2) is 8.72. The number of hydrogen-bond donors (Lipinski definition) is 1. The molecule has 11 heteroatoms. The number of pyridine rings is 2. The van der Waals surface area contributed by atoms with Crippen LogP contribution in [0.15, 0.2) is 49.2 Å². The Morgan fingerprint density at radius 1 is 1.14 bits per heavy atom. The van der Waals surface area contributed by atoms with Gasteiger partial charge in [0.05, 0.1) is 34.8 Å². The number of hydrogen-bond acceptors (Lipinski definition) is 6. The minimum atomic E-state index is -3.17. The van der Waals surface area contributed by atoms with Crippen LogP contribution in [0, 0.1) is 17.2 Å². The summed E-state index contributed by atoms with van der Waals surface area (Å²) in [4.78, 5) is 6.84. The van der Waals surface area contributed by atoms with Crippen molar-refractivity contribution < 1.29 is 13.1 Å². The molecule has 0 spiro atoms. The highest BCUT2D eigenvalue weighted by molar-refractivity contribution is 7.89. The van der Waals surface area contributed by atoms with Crippen molar-refractivity contribution in [3.8, 4) is 28.3 Å². The molecule has 6 rings (SSSR count). The zero-order chi connectivity index (χ0) is 24.9. The number of aromatic amines is 1. The standard InChI is InChI=1S/C25H26N8O2S/c1-30-15-22(14-28-30)20-10-23(25-21(11-26)13-29-33(25)16-20)19-4-5-24(27-12-19)31-6-8-32(9-7-31)36(34,35)17-18-2-3-18/h4-5,10,12-16,18H,2-3,6-9,17H2,1H3/p+1. The monoisotopic (exact) mass is 503 g/mol. The summed E-state index contributed by atoms with van der Waals surface area (Å²) >= 11 is 0. The van der Waals surface area contributed by atoms with Crippen LogP contribution in [0.4, 0.5) is 5.82 Å². The van der Waals surface area contributed by atoms with Crippen molar-refractivity contribution in [3.63, 3.8) is 0 Å². The van der Waals surface area contributed by atoms with E-state index in [-0.39, 0.29) is 5.75 Å². The van der Waals surface area contributed by atoms with Crippen molar-refractivity contribution in [1.82, 2.24) is 24.0 Å². The minimum Gasteiger partial charge on any atom is -0.354 e. The Morgan fingerprint density at radius 2 is 1.94 bits per heavy atom. The third-order valence-electron chi connectivity index (χ3n) is 6.98. The topological polar surface area (TPSA) is 114 Å². The molecule has 184 valence electrons. The Hall–Kier alpha value is -3.75. The van der Waals surface area contributed by atoms with Crippen LogP contribution in [-0.4, -0.2) is 64.4 Å². The largest absolute Gasteiger partial charge is 0.354 e. The van der Waals surface area contributed by atoms with Crippen LogP contribution >= 0.6 is 0 Å². The SMILES string of the molecule is C[n+]1cc(-c2cc(-c3ccc(N4CCN(S(=O)(=O)CC5CC5)CC4)nc3)c3c(C#N)cnn3c2)c[nH]1. The van der Waals surface area contributed by atoms with Gasteiger partial charge in [0, 0.05) is 55.3 Å². The summed E-state index contributed by atoms with van der Waals surface area (Å²) in [5.74, 6) is 1.45. The van der Waals surface area contributed by atoms with E-state index in [9.17, 15) is 13.7 Å². The predicted octanol–water partition coefficient (Wildman–Crippen LogP) is 1.95. The Balaban J connectivity index is 1.27. The molecule has 10 nitrogen and oxygen atoms in total. The molecule has 0 bridgehead atoms. The Morgan fingerprint density at radius 3 is 2.58 bits per heavy atom. The van der Waals surface area contributed by atoms with E-state index in [1.165, 1.54) is 0 Å². The molecule has 2 aliphatic rings. The molecular formula is C25H27N8O2S+. The number of rotatable bonds is 6. The smallest absolute Gasteiger partial charge is 0.214 e. The van der Waals surface area contributed by atoms with Crippen LogP contribution in [0.5, 0.6) is 0 Å². The maximum Gasteiger partial charge on any atom is 0.214 e. The van der Waals surface area contributed by atoms with Gasteiger partial charge in [-0.2, -0.15) is 19.8 Å². The number of sulfonamides is 1. The second-order valence-electron chi connectivity index (χ2n) is 9.59. The highest BCUT2D eigenvalue weighted by Gasteiger charge is 2.33. The number of aryl methyl sites for hydroxylation is 1. The van der Waals surface area contributed by atoms with Crippen LogP contribution < -0.4 is 9.58 Å². The number of anilines is 1. The highest BCUT2D eigenvalue weighted by Crippen LogP contribution is 2.33. The first kappa shape index (κ1) is 22.7. The highest BCUT2D eigenvalue weighted by atomic mass is 32.2. The van der Waals surface area contributed by atoms with Gasteiger partial charge in [-0.25, -0.2) is 17.9 Å². The van der Waals surface area contributed by atoms with Crippen LogP contribution in [0.3, 0.4) is 0 Å². The van der Waals surface area contributed by atoms with E-state index >= 15 is 0 Å². The van der Waals surface area contributed by atoms with Crippen molar-refractivity contribution in [2.45, 2.75) is 12.8 Å². The van der Waals surface area contributed by atoms with Crippen LogP contribution in [0.1, 0.15) is 18.4 Å². The number of H-pyrrole nitrogens is 1. The maximum atomic E-state index is 12.6. The third-order valence-corrected chi connectivity index (χ3v) is 9.02. The fraction of sp³-hybridized carbons (Fsp3) is 0.360. The first-order valence-corrected chi connectivity index (χ1v) is 13.7. The fourth-order valence-electron chi connectivity index (χ4n) is 4.81. The van der Waals surface area contributed by atoms with Crippen molar-refractivity contribution >= 4 is 21.4 Å². The van der Waals surface area contributed by atoms with E-state index in [4.69, 9.17) is 4.98 Å². The van der Waals surface area contributed by atoms with Gasteiger partial charge < -0.3 is 4.90 Å². The van der Waals surface area contributed by atoms with Crippen molar-refractivity contribution in [3.05, 3.63) is 54.7 Å². The summed E-state index contributed by atoms with van der Waals surface area (Å²) in [6.07, 6.45) is 11.3. The second-order valence-corrected chi connectivity index (χ2v) is 11.6. The number of fused-ring (bicyclic) bond motifs is 1. The zero-order valence-corrected chi connectivity index (χ0v) is 20.8. The van der Waals surface area contributed by atoms with Gasteiger partial charge in [0.25, 0.3) is 0 Å². The van der Waals surface area contributed by atoms with Crippen LogP contribution in [0.2, 0.25) is 0 Å². The third kappa shape index (κ3) is 4.23. The van der Waals surface area contributed by atoms with E-state index < -0.39 is 10.0 Å². The van der Waals surface area contributed by atoms with Gasteiger partial charge >= 0.3 is 0 Å². The Bertz CT molecular complexity index is 1570. The van der Waals surface area contributed by atoms with Gasteiger partial charge in [-0.15, -0.1) is 4.68 Å². The molecule has 36 heavy (non-hydrogen) atoms. The first-order valence-electron chi connectivity index (χ1n) is 12.1. The summed E-state index contributed by atoms with van der Waals surface area (Å²) in [6, 6.07) is 8.27. The molecule has 0 unspecified atom stereocenters. The van der Waals surface area contributed by atoms with E-state index in [1.54, 1.807) is 15.0 Å². The summed E-state index contributed by atoms with van der Waals surface area (Å²) in [5.41, 5.74) is 4.98. The number of nitrogens with one attached hydrogen (secondary N) is 1. The van der Waals surface area contributed by atoms with Gasteiger partial charge in [0.2, 0.25) is 16.2 Å². The normalized spacial score (nSPS) is 16.9. The molecule has 0 radical (unpaired) electrons. The van der Waals surface area contributed by atoms with E-state index in [0.29, 0.717) is 37.7 Å². The lowest BCUT2D eigenvalue weighted by Crippen LogP contribution is -2.49. The molecule has 1 N–H and O–H groups in total. The average molecular weight is 504 g/mol. The molecule has 0 aromatic carbocycles. The van der Waals surface area contributed by atoms with Gasteiger partial charge in [-0.05, 0) is 37.0 Å². The Labute approximate surface area is 209 Å². The molecule has 4 aromatic rings. The zero-order valence-electron chi connectivity index (χ0n) is 20.0. The summed E-state index contributed by atoms with van der Waals surface area (Å²) in [6.45, 7) is 2.19. The summed E-state index contributed by atoms with van der Waals surface area (Å²) in [7, 11) is -1.24. The average Bonchev–Trinajstić information content (AvgIpc) is 3.42. The lowest BCUT2D eigenvalue weighted by Gasteiger charge is -2.34. The van der Waals surface area contributed by atoms with Crippen molar-refractivity contribution in [2.24, 2.45) is 13.0 Å². The van der Waals surface area contributed by atoms with Gasteiger partial charge in [-0.3, -0.25) is 0 Å². The molecule has 1 aliphatic carbocycles. The Kier molecular flexibility index (Phi) is 5.50. The molecule has 0 atom stereocenters. The minimum absolute atomic E-state index is 0.285. The number of aromatic nitrogens is 5. The first-order chi connectivity index (χ1) is 17.4. The molecular weight excluding hydrogens is 476 g/mol. The van der Waals surface area contributed by atoms with Crippen molar-refractivity contribution in [1.29, 1.82) is 5.26 Å². The van der Waals surface area contributed by atoms with E-state index in [0.717, 1.165) is 46.4 Å². The van der Waals surface area contributed by atoms with Gasteiger partial charge in [0.1, 0.15) is 11.9 Å². The number of nitrogens with zero attached hydrogens (tertiary/aromatic N) is 7. The van der Waals surface area contributed by atoms with Crippen molar-refractivity contribution in [2.75, 3.05) is 36.8 Å². The molecule has 1 aliphatic heterocycles. The summed E-state index contributed by atoms with van der Waals surface area (Å²) in [5, 5.41) is 17.2. The van der Waals surface area contributed by atoms with Crippen LogP contribution in [-0.2, 0) is 17.1 Å². The van der Waals surface area contributed by atoms with Gasteiger partial charge in [-0.1, -0.05) is 0 Å². The fourth-order valence-corrected chi connectivity index (χ4v) is 6.67. The quantitative estimate of drug-likeness (QED) is 0.402. The molecule has 1 saturated heterocycles. The molecule has 2 fully saturated rings.